The van der Waals surface area contributed by atoms with E-state index in [0.29, 0.717) is 0 Å². The fourth-order valence-corrected chi connectivity index (χ4v) is 2.88. The number of imidazole rings is 1. The molecule has 0 saturated carbocycles. The minimum atomic E-state index is 0.833. The Labute approximate surface area is 135 Å². The quantitative estimate of drug-likeness (QED) is 0.546. The SMILES string of the molecule is CC(C)CCCCCc1nccn1CCCc1ccccc1. The third kappa shape index (κ3) is 6.05. The lowest BCUT2D eigenvalue weighted by Gasteiger charge is -2.08. The number of nitrogens with zero attached hydrogens (tertiary/aromatic N) is 2. The van der Waals surface area contributed by atoms with Crippen molar-refractivity contribution in [1.29, 1.82) is 0 Å². The van der Waals surface area contributed by atoms with Crippen LogP contribution in [0.1, 0.15) is 57.3 Å². The molecule has 0 N–H and O–H groups in total. The van der Waals surface area contributed by atoms with Gasteiger partial charge < -0.3 is 4.57 Å². The topological polar surface area (TPSA) is 17.8 Å². The van der Waals surface area contributed by atoms with Crippen LogP contribution < -0.4 is 0 Å². The first-order valence-corrected chi connectivity index (χ1v) is 8.79. The molecule has 2 rings (SSSR count). The Morgan fingerprint density at radius 2 is 1.77 bits per heavy atom. The molecule has 120 valence electrons. The number of hydrogen-bond donors (Lipinski definition) is 0. The van der Waals surface area contributed by atoms with Gasteiger partial charge in [-0.1, -0.05) is 63.4 Å². The Balaban J connectivity index is 1.68. The van der Waals surface area contributed by atoms with Gasteiger partial charge in [-0.25, -0.2) is 4.98 Å². The predicted molar refractivity (Wildman–Crippen MR) is 94.0 cm³/mol. The molecule has 0 aliphatic rings. The smallest absolute Gasteiger partial charge is 0.108 e. The molecule has 2 nitrogen and oxygen atoms in total. The Kier molecular flexibility index (Phi) is 7.21. The fraction of sp³-hybridized carbons (Fsp3) is 0.550. The van der Waals surface area contributed by atoms with Gasteiger partial charge in [-0.3, -0.25) is 0 Å². The van der Waals surface area contributed by atoms with Crippen molar-refractivity contribution in [3.05, 3.63) is 54.1 Å². The molecule has 0 aliphatic heterocycles. The summed E-state index contributed by atoms with van der Waals surface area (Å²) in [6, 6.07) is 10.7. The Morgan fingerprint density at radius 1 is 0.955 bits per heavy atom. The molecular formula is C20H30N2. The summed E-state index contributed by atoms with van der Waals surface area (Å²) in [4.78, 5) is 4.54. The van der Waals surface area contributed by atoms with Crippen molar-refractivity contribution in [2.75, 3.05) is 0 Å². The zero-order valence-electron chi connectivity index (χ0n) is 14.2. The molecule has 0 radical (unpaired) electrons. The lowest BCUT2D eigenvalue weighted by molar-refractivity contribution is 0.519. The highest BCUT2D eigenvalue weighted by molar-refractivity contribution is 5.14. The monoisotopic (exact) mass is 298 g/mol. The van der Waals surface area contributed by atoms with Crippen molar-refractivity contribution in [3.8, 4) is 0 Å². The highest BCUT2D eigenvalue weighted by atomic mass is 15.1. The maximum atomic E-state index is 4.54. The standard InChI is InChI=1S/C20H30N2/c1-18(2)10-5-3-8-14-20-21-15-17-22(20)16-9-13-19-11-6-4-7-12-19/h4,6-7,11-12,15,17-18H,3,5,8-10,13-14,16H2,1-2H3. The summed E-state index contributed by atoms with van der Waals surface area (Å²) in [6.45, 7) is 5.69. The fourth-order valence-electron chi connectivity index (χ4n) is 2.88. The first kappa shape index (κ1) is 16.8. The summed E-state index contributed by atoms with van der Waals surface area (Å²) in [5.41, 5.74) is 1.43. The van der Waals surface area contributed by atoms with Crippen molar-refractivity contribution in [3.63, 3.8) is 0 Å². The molecule has 0 aliphatic carbocycles. The molecule has 22 heavy (non-hydrogen) atoms. The number of aryl methyl sites for hydroxylation is 3. The molecule has 1 aromatic heterocycles. The summed E-state index contributed by atoms with van der Waals surface area (Å²) >= 11 is 0. The summed E-state index contributed by atoms with van der Waals surface area (Å²) in [7, 11) is 0. The average molecular weight is 298 g/mol. The van der Waals surface area contributed by atoms with E-state index in [1.165, 1.54) is 43.5 Å². The van der Waals surface area contributed by atoms with Crippen LogP contribution in [0.4, 0.5) is 0 Å². The van der Waals surface area contributed by atoms with Crippen molar-refractivity contribution in [1.82, 2.24) is 9.55 Å². The summed E-state index contributed by atoms with van der Waals surface area (Å²) in [5, 5.41) is 0. The third-order valence-electron chi connectivity index (χ3n) is 4.19. The summed E-state index contributed by atoms with van der Waals surface area (Å²) < 4.78 is 2.34. The van der Waals surface area contributed by atoms with Crippen molar-refractivity contribution in [2.45, 2.75) is 65.3 Å². The van der Waals surface area contributed by atoms with E-state index in [1.807, 2.05) is 6.20 Å². The van der Waals surface area contributed by atoms with Crippen LogP contribution in [0.3, 0.4) is 0 Å². The number of rotatable bonds is 10. The van der Waals surface area contributed by atoms with Crippen LogP contribution >= 0.6 is 0 Å². The van der Waals surface area contributed by atoms with Gasteiger partial charge in [-0.15, -0.1) is 0 Å². The van der Waals surface area contributed by atoms with Gasteiger partial charge in [0.2, 0.25) is 0 Å². The maximum absolute atomic E-state index is 4.54. The third-order valence-corrected chi connectivity index (χ3v) is 4.19. The molecule has 0 fully saturated rings. The predicted octanol–water partition coefficient (Wildman–Crippen LogP) is 5.27. The second-order valence-corrected chi connectivity index (χ2v) is 6.62. The van der Waals surface area contributed by atoms with E-state index >= 15 is 0 Å². The molecule has 0 amide bonds. The highest BCUT2D eigenvalue weighted by Crippen LogP contribution is 2.11. The van der Waals surface area contributed by atoms with Crippen molar-refractivity contribution in [2.24, 2.45) is 5.92 Å². The van der Waals surface area contributed by atoms with Crippen LogP contribution in [0.25, 0.3) is 0 Å². The average Bonchev–Trinajstić information content (AvgIpc) is 2.95. The number of unbranched alkanes of at least 4 members (excludes halogenated alkanes) is 2. The first-order valence-electron chi connectivity index (χ1n) is 8.79. The Hall–Kier alpha value is -1.57. The molecule has 0 saturated heterocycles. The Morgan fingerprint density at radius 3 is 2.55 bits per heavy atom. The largest absolute Gasteiger partial charge is 0.335 e. The van der Waals surface area contributed by atoms with Crippen LogP contribution in [-0.4, -0.2) is 9.55 Å². The minimum absolute atomic E-state index is 0.833. The lowest BCUT2D eigenvalue weighted by Crippen LogP contribution is -2.04. The van der Waals surface area contributed by atoms with E-state index in [4.69, 9.17) is 0 Å². The number of benzene rings is 1. The lowest BCUT2D eigenvalue weighted by atomic mass is 10.0. The second-order valence-electron chi connectivity index (χ2n) is 6.62. The van der Waals surface area contributed by atoms with Crippen LogP contribution in [0.2, 0.25) is 0 Å². The highest BCUT2D eigenvalue weighted by Gasteiger charge is 2.03. The molecule has 0 atom stereocenters. The Bertz CT molecular complexity index is 514. The second kappa shape index (κ2) is 9.45. The van der Waals surface area contributed by atoms with E-state index in [-0.39, 0.29) is 0 Å². The van der Waals surface area contributed by atoms with Crippen molar-refractivity contribution < 1.29 is 0 Å². The molecule has 1 aromatic carbocycles. The summed E-state index contributed by atoms with van der Waals surface area (Å²) in [6.07, 6.45) is 12.8. The van der Waals surface area contributed by atoms with Gasteiger partial charge in [0.25, 0.3) is 0 Å². The van der Waals surface area contributed by atoms with Gasteiger partial charge in [0, 0.05) is 25.4 Å². The molecule has 0 unspecified atom stereocenters. The molecule has 0 spiro atoms. The van der Waals surface area contributed by atoms with Crippen LogP contribution in [0.15, 0.2) is 42.7 Å². The molecule has 0 bridgehead atoms. The zero-order chi connectivity index (χ0) is 15.6. The van der Waals surface area contributed by atoms with E-state index in [2.05, 4.69) is 59.9 Å². The van der Waals surface area contributed by atoms with Crippen molar-refractivity contribution >= 4 is 0 Å². The first-order chi connectivity index (χ1) is 10.8. The van der Waals surface area contributed by atoms with Gasteiger partial charge >= 0.3 is 0 Å². The zero-order valence-corrected chi connectivity index (χ0v) is 14.2. The van der Waals surface area contributed by atoms with Crippen LogP contribution in [-0.2, 0) is 19.4 Å². The van der Waals surface area contributed by atoms with E-state index in [9.17, 15) is 0 Å². The molecule has 2 heteroatoms. The summed E-state index contributed by atoms with van der Waals surface area (Å²) in [5.74, 6) is 2.09. The van der Waals surface area contributed by atoms with Gasteiger partial charge in [0.15, 0.2) is 0 Å². The van der Waals surface area contributed by atoms with Crippen LogP contribution in [0, 0.1) is 5.92 Å². The van der Waals surface area contributed by atoms with Gasteiger partial charge in [-0.05, 0) is 30.7 Å². The van der Waals surface area contributed by atoms with E-state index < -0.39 is 0 Å². The molecule has 2 aromatic rings. The van der Waals surface area contributed by atoms with Crippen LogP contribution in [0.5, 0.6) is 0 Å². The molecular weight excluding hydrogens is 268 g/mol. The normalized spacial score (nSPS) is 11.2. The van der Waals surface area contributed by atoms with Gasteiger partial charge in [-0.2, -0.15) is 0 Å². The van der Waals surface area contributed by atoms with E-state index in [0.717, 1.165) is 25.3 Å². The maximum Gasteiger partial charge on any atom is 0.108 e. The number of aromatic nitrogens is 2. The number of hydrogen-bond acceptors (Lipinski definition) is 1. The van der Waals surface area contributed by atoms with Gasteiger partial charge in [0.1, 0.15) is 5.82 Å². The molecule has 1 heterocycles. The van der Waals surface area contributed by atoms with Gasteiger partial charge in [0.05, 0.1) is 0 Å². The minimum Gasteiger partial charge on any atom is -0.335 e. The van der Waals surface area contributed by atoms with E-state index in [1.54, 1.807) is 0 Å².